The molecule has 21 nitrogen and oxygen atoms in total. The van der Waals surface area contributed by atoms with E-state index in [1.54, 1.807) is 58.3 Å². The summed E-state index contributed by atoms with van der Waals surface area (Å²) >= 11 is 30.2. The minimum Gasteiger partial charge on any atom is -0.359 e. The second-order valence-electron chi connectivity index (χ2n) is 46.8. The molecule has 0 saturated carbocycles. The van der Waals surface area contributed by atoms with Crippen molar-refractivity contribution in [1.29, 1.82) is 0 Å². The maximum absolute atomic E-state index is 5.81. The largest absolute Gasteiger partial charge is 0.359 e. The molecule has 21 rings (SSSR count). The third kappa shape index (κ3) is 30.3. The number of para-hydroxylation sites is 6. The van der Waals surface area contributed by atoms with Crippen LogP contribution >= 0.6 is 70.8 Å². The maximum atomic E-state index is 5.81. The number of piperidine rings is 6. The first kappa shape index (κ1) is 116. The van der Waals surface area contributed by atoms with Crippen molar-refractivity contribution in [3.05, 3.63) is 278 Å². The summed E-state index contributed by atoms with van der Waals surface area (Å²) in [6.45, 7) is 57.8. The number of halogens is 4. The zero-order valence-electron chi connectivity index (χ0n) is 92.4. The summed E-state index contributed by atoms with van der Waals surface area (Å²) in [6, 6.07) is 68.2. The number of alkyl halides is 2. The van der Waals surface area contributed by atoms with Crippen LogP contribution in [-0.2, 0) is 16.2 Å². The Kier molecular flexibility index (Phi) is 42.0. The predicted octanol–water partition coefficient (Wildman–Crippen LogP) is 26.9. The van der Waals surface area contributed by atoms with Gasteiger partial charge in [-0.2, -0.15) is 0 Å². The van der Waals surface area contributed by atoms with Gasteiger partial charge in [0.05, 0.1) is 48.8 Å². The third-order valence-corrected chi connectivity index (χ3v) is 33.8. The zero-order valence-corrected chi connectivity index (χ0v) is 97.1. The predicted molar refractivity (Wildman–Crippen MR) is 633 cm³/mol. The number of rotatable bonds is 23. The highest BCUT2D eigenvalue weighted by molar-refractivity contribution is 7.80. The first-order valence-corrected chi connectivity index (χ1v) is 58.2. The van der Waals surface area contributed by atoms with Crippen molar-refractivity contribution in [3.8, 4) is 0 Å². The van der Waals surface area contributed by atoms with Gasteiger partial charge in [0, 0.05) is 155 Å². The van der Waals surface area contributed by atoms with Crippen LogP contribution in [0.2, 0.25) is 0 Å². The average Bonchev–Trinajstić information content (AvgIpc) is 1.64. The van der Waals surface area contributed by atoms with Crippen molar-refractivity contribution in [2.24, 2.45) is 10.8 Å². The molecule has 0 aliphatic carbocycles. The van der Waals surface area contributed by atoms with Gasteiger partial charge in [-0.15, -0.1) is 23.2 Å². The molecule has 0 spiro atoms. The highest BCUT2D eigenvalue weighted by atomic mass is 35.5. The lowest BCUT2D eigenvalue weighted by Crippen LogP contribution is -2.50. The number of benzene rings is 6. The van der Waals surface area contributed by atoms with Gasteiger partial charge in [0.1, 0.15) is 36.5 Å². The van der Waals surface area contributed by atoms with Crippen molar-refractivity contribution in [1.82, 2.24) is 103 Å². The Morgan fingerprint density at radius 3 is 0.953 bits per heavy atom. The zero-order chi connectivity index (χ0) is 106. The van der Waals surface area contributed by atoms with Crippen molar-refractivity contribution in [2.75, 3.05) is 77.3 Å². The van der Waals surface area contributed by atoms with Crippen LogP contribution in [-0.4, -0.2) is 235 Å². The van der Waals surface area contributed by atoms with Gasteiger partial charge in [0.15, 0.2) is 10.2 Å². The average molecular weight is 2140 g/mol. The van der Waals surface area contributed by atoms with Crippen LogP contribution in [0.5, 0.6) is 0 Å². The SMILES string of the molecule is C=C(Cl)Cl.C=C(N1CCC(CCN2C3CCC2CC(n2c(C)nc4ccccc42)C3)(c2ccccc2)CC1)N(C(C)C)C(C)C.CC(C)(C)CNCC(C)(C)C.CC(C)NC(C)C.Cc1nc2ccccc2n1C1C[C@H]2CC[C@@H](C1)N2CCC1(c2ccccc2)CCN(C(=S)n2ccnc2)CC1.Cc1nc2ccccc2n1C1C[C@H]2CC[C@@H](C1)N2CCC1(c2ccccc2)CCNCC1.ClCCl.S=C(n1ccnc1)n1ccnc1. The first-order chi connectivity index (χ1) is 71.5. The number of nitrogens with one attached hydrogen (secondary N) is 3. The molecule has 9 saturated heterocycles. The lowest BCUT2D eigenvalue weighted by molar-refractivity contribution is 0.0760. The highest BCUT2D eigenvalue weighted by Gasteiger charge is 2.49. The highest BCUT2D eigenvalue weighted by Crippen LogP contribution is 2.50. The number of fused-ring (bicyclic) bond motifs is 9. The monoisotopic (exact) mass is 2140 g/mol. The van der Waals surface area contributed by atoms with Gasteiger partial charge in [0.25, 0.3) is 0 Å². The number of thiocarbonyl (C=S) groups is 2. The number of aromatic nitrogens is 12. The van der Waals surface area contributed by atoms with E-state index in [0.717, 1.165) is 105 Å². The first-order valence-electron chi connectivity index (χ1n) is 55.5. The number of likely N-dealkylation sites (tertiary alicyclic amines) is 2. The molecule has 12 aromatic rings. The molecule has 9 fully saturated rings. The molecule has 27 heteroatoms. The van der Waals surface area contributed by atoms with Crippen LogP contribution < -0.4 is 16.0 Å². The molecule has 806 valence electrons. The van der Waals surface area contributed by atoms with Gasteiger partial charge in [0.2, 0.25) is 0 Å². The standard InChI is InChI=1S/C36H51N5.C32H38N6S.C28H36N4.C10H23N.C7H6N4S.C6H15N.C2H2Cl2.CH2Cl2/c1-26(2)40(27(3)4)29(6)38-21-18-36(19-22-38,30-12-8-7-9-13-30)20-23-39-31-16-17-32(39)25-33(24-31)41-28(5)37-34-14-10-11-15-35(34)41;1-24-34-29-9-5-6-10-30(29)38(24)28-21-26-11-12-27(22-28)37(26)19-15-32(25-7-3-2-4-8-25)13-17-35(18-14-32)31(39)36-20-16-33-23-36;1-21-30-26-9-5-6-10-27(26)32(21)25-19-23-11-12-24(20-25)31(23)18-15-28(13-16-29-17-14-28)22-7-3-2-4-8-22;1-9(2,3)7-11-8-10(4,5)6;12-7(10-3-1-8-5-10)11-4-2-9-6-11;1-5(2)7-6(3)4;1-2(3)4;2-1-3/h7-15,26-27,31-33H,6,16-25H2,1-5H3;2-10,16,20,23,26-28H,11-15,17-19,21-22H2,1H3;2-10,23-25,29H,11-20H2,1H3;11H,7-8H2,1-6H3;1-6H;5-7H,1-4H3;1H2;1H2/t;26-,27+,28?;23-,24+,25?;;;;;. The smallest absolute Gasteiger partial charge is 0.190 e. The summed E-state index contributed by atoms with van der Waals surface area (Å²) < 4.78 is 13.2. The summed E-state index contributed by atoms with van der Waals surface area (Å²) in [5.74, 6) is 4.73. The molecule has 9 aliphatic rings. The fourth-order valence-corrected chi connectivity index (χ4v) is 26.8. The summed E-state index contributed by atoms with van der Waals surface area (Å²) in [4.78, 5) is 42.8. The topological polar surface area (TPSA) is 162 Å². The van der Waals surface area contributed by atoms with Crippen LogP contribution in [0.1, 0.15) is 284 Å². The minimum absolute atomic E-state index is 0.111. The van der Waals surface area contributed by atoms with E-state index in [4.69, 9.17) is 85.8 Å². The summed E-state index contributed by atoms with van der Waals surface area (Å²) in [5, 5.41) is 12.1. The molecule has 3 N–H and O–H groups in total. The van der Waals surface area contributed by atoms with Gasteiger partial charge in [-0.25, -0.2) is 29.9 Å². The molecular weight excluding hydrogens is 1970 g/mol. The van der Waals surface area contributed by atoms with E-state index < -0.39 is 0 Å². The van der Waals surface area contributed by atoms with Gasteiger partial charge in [-0.3, -0.25) is 28.4 Å². The van der Waals surface area contributed by atoms with Crippen LogP contribution in [0.3, 0.4) is 0 Å². The van der Waals surface area contributed by atoms with Gasteiger partial charge >= 0.3 is 0 Å². The molecule has 8 atom stereocenters. The van der Waals surface area contributed by atoms with E-state index in [0.29, 0.717) is 87.8 Å². The van der Waals surface area contributed by atoms with E-state index >= 15 is 0 Å². The molecule has 4 unspecified atom stereocenters. The molecular formula is C122H173Cl4N21S2. The normalized spacial score (nSPS) is 21.8. The second kappa shape index (κ2) is 53.9. The van der Waals surface area contributed by atoms with E-state index in [9.17, 15) is 0 Å². The second-order valence-corrected chi connectivity index (χ2v) is 49.5. The molecule has 15 heterocycles. The van der Waals surface area contributed by atoms with Crippen LogP contribution in [0.15, 0.2) is 243 Å². The van der Waals surface area contributed by atoms with E-state index in [-0.39, 0.29) is 20.7 Å². The Morgan fingerprint density at radius 2 is 0.685 bits per heavy atom. The molecule has 0 radical (unpaired) electrons. The molecule has 0 amide bonds. The maximum Gasteiger partial charge on any atom is 0.190 e. The summed E-state index contributed by atoms with van der Waals surface area (Å²) in [7, 11) is 0. The summed E-state index contributed by atoms with van der Waals surface area (Å²) in [6.07, 6.45) is 42.4. The Bertz CT molecular complexity index is 5970. The quantitative estimate of drug-likeness (QED) is 0.0409. The van der Waals surface area contributed by atoms with Crippen LogP contribution in [0.25, 0.3) is 33.1 Å². The lowest BCUT2D eigenvalue weighted by Gasteiger charge is -2.48. The fraction of sp³-hybridized carbons (Fsp3) is 0.557. The number of imidazole rings is 6. The number of aryl methyl sites for hydroxylation is 3. The number of hydrogen-bond donors (Lipinski definition) is 3. The molecule has 6 aromatic carbocycles. The minimum atomic E-state index is 0.111. The van der Waals surface area contributed by atoms with Crippen LogP contribution in [0, 0.1) is 31.6 Å². The number of hydrogen-bond acceptors (Lipinski definition) is 16. The fourth-order valence-electron chi connectivity index (χ4n) is 26.3. The van der Waals surface area contributed by atoms with Crippen LogP contribution in [0.4, 0.5) is 0 Å². The Balaban J connectivity index is 0.000000151. The number of nitrogens with zero attached hydrogens (tertiary/aromatic N) is 18. The Labute approximate surface area is 923 Å². The van der Waals surface area contributed by atoms with E-state index in [1.165, 1.54) is 187 Å². The van der Waals surface area contributed by atoms with Gasteiger partial charge in [-0.1, -0.05) is 233 Å². The van der Waals surface area contributed by atoms with Crippen molar-refractivity contribution < 1.29 is 0 Å². The van der Waals surface area contributed by atoms with Gasteiger partial charge in [-0.05, 0) is 321 Å². The molecule has 6 bridgehead atoms. The lowest BCUT2D eigenvalue weighted by atomic mass is 9.70. The molecule has 9 aliphatic heterocycles. The molecule has 149 heavy (non-hydrogen) atoms. The van der Waals surface area contributed by atoms with Gasteiger partial charge < -0.3 is 44.4 Å². The molecule has 6 aromatic heterocycles. The Morgan fingerprint density at radius 1 is 0.409 bits per heavy atom. The third-order valence-electron chi connectivity index (χ3n) is 32.9. The van der Waals surface area contributed by atoms with E-state index in [2.05, 4.69) is 369 Å². The van der Waals surface area contributed by atoms with Crippen molar-refractivity contribution >= 4 is 114 Å². The van der Waals surface area contributed by atoms with Crippen molar-refractivity contribution in [2.45, 2.75) is 347 Å². The van der Waals surface area contributed by atoms with Crippen molar-refractivity contribution in [3.63, 3.8) is 0 Å². The Hall–Kier alpha value is -8.66. The van der Waals surface area contributed by atoms with E-state index in [1.807, 2.05) is 17.1 Å². The summed E-state index contributed by atoms with van der Waals surface area (Å²) in [5.41, 5.74) is 13.6.